The Balaban J connectivity index is 1.35. The van der Waals surface area contributed by atoms with Crippen LogP contribution < -0.4 is 5.32 Å². The summed E-state index contributed by atoms with van der Waals surface area (Å²) in [7, 11) is 0. The molecule has 3 fully saturated rings. The van der Waals surface area contributed by atoms with Crippen molar-refractivity contribution in [2.75, 3.05) is 19.6 Å². The highest BCUT2D eigenvalue weighted by Gasteiger charge is 2.52. The van der Waals surface area contributed by atoms with Crippen LogP contribution in [0.5, 0.6) is 0 Å². The summed E-state index contributed by atoms with van der Waals surface area (Å²) in [5.74, 6) is 0.972. The summed E-state index contributed by atoms with van der Waals surface area (Å²) < 4.78 is 0. The average molecular weight is 471 g/mol. The minimum absolute atomic E-state index is 0.158. The van der Waals surface area contributed by atoms with Gasteiger partial charge in [0, 0.05) is 18.5 Å². The third-order valence-corrected chi connectivity index (χ3v) is 9.07. The summed E-state index contributed by atoms with van der Waals surface area (Å²) in [6.45, 7) is 4.81. The molecular weight excluding hydrogens is 439 g/mol. The Labute approximate surface area is 201 Å². The van der Waals surface area contributed by atoms with Crippen LogP contribution >= 0.6 is 23.2 Å². The molecule has 3 aliphatic rings. The van der Waals surface area contributed by atoms with E-state index in [2.05, 4.69) is 41.4 Å². The van der Waals surface area contributed by atoms with Crippen molar-refractivity contribution < 1.29 is 4.79 Å². The number of nitrogens with zero attached hydrogens (tertiary/aromatic N) is 1. The van der Waals surface area contributed by atoms with Crippen molar-refractivity contribution in [3.63, 3.8) is 0 Å². The van der Waals surface area contributed by atoms with Crippen LogP contribution in [0.1, 0.15) is 67.1 Å². The van der Waals surface area contributed by atoms with Gasteiger partial charge in [0.05, 0.1) is 15.5 Å². The molecule has 2 heterocycles. The number of amides is 1. The van der Waals surface area contributed by atoms with Crippen molar-refractivity contribution in [3.05, 3.63) is 69.2 Å². The SMILES string of the molecule is Cc1ccc([C@H]2CCCC[C@H]2N2CCC3(CC2)C(=O)NCC3c2ccc(Cl)c(Cl)c2)cc1. The molecule has 0 bridgehead atoms. The zero-order valence-corrected chi connectivity index (χ0v) is 20.3. The normalized spacial score (nSPS) is 28.1. The first-order valence-corrected chi connectivity index (χ1v) is 12.8. The maximum atomic E-state index is 13.1. The molecule has 2 aliphatic heterocycles. The van der Waals surface area contributed by atoms with Crippen LogP contribution in [0.4, 0.5) is 0 Å². The van der Waals surface area contributed by atoms with Gasteiger partial charge in [-0.3, -0.25) is 9.69 Å². The lowest BCUT2D eigenvalue weighted by Crippen LogP contribution is -2.51. The van der Waals surface area contributed by atoms with Crippen LogP contribution in [-0.2, 0) is 4.79 Å². The van der Waals surface area contributed by atoms with Crippen LogP contribution in [-0.4, -0.2) is 36.5 Å². The van der Waals surface area contributed by atoms with Gasteiger partial charge in [-0.1, -0.05) is 71.9 Å². The van der Waals surface area contributed by atoms with Gasteiger partial charge in [0.1, 0.15) is 0 Å². The Morgan fingerprint density at radius 1 is 0.938 bits per heavy atom. The van der Waals surface area contributed by atoms with Crippen LogP contribution in [0.25, 0.3) is 0 Å². The highest BCUT2D eigenvalue weighted by Crippen LogP contribution is 2.49. The number of nitrogens with one attached hydrogen (secondary N) is 1. The minimum atomic E-state index is -0.332. The average Bonchev–Trinajstić information content (AvgIpc) is 3.12. The van der Waals surface area contributed by atoms with Gasteiger partial charge < -0.3 is 5.32 Å². The maximum Gasteiger partial charge on any atom is 0.227 e. The number of likely N-dealkylation sites (tertiary alicyclic amines) is 1. The number of rotatable bonds is 3. The lowest BCUT2D eigenvalue weighted by molar-refractivity contribution is -0.131. The second kappa shape index (κ2) is 9.00. The fourth-order valence-electron chi connectivity index (χ4n) is 6.47. The molecule has 5 heteroatoms. The summed E-state index contributed by atoms with van der Waals surface area (Å²) in [6, 6.07) is 15.6. The molecular formula is C27H32Cl2N2O. The van der Waals surface area contributed by atoms with Crippen molar-refractivity contribution in [2.45, 2.75) is 63.3 Å². The number of hydrogen-bond donors (Lipinski definition) is 1. The molecule has 2 saturated heterocycles. The number of benzene rings is 2. The van der Waals surface area contributed by atoms with Gasteiger partial charge in [-0.05, 0) is 74.9 Å². The van der Waals surface area contributed by atoms with E-state index in [9.17, 15) is 4.79 Å². The Bertz CT molecular complexity index is 982. The Morgan fingerprint density at radius 2 is 1.62 bits per heavy atom. The zero-order valence-electron chi connectivity index (χ0n) is 18.7. The summed E-state index contributed by atoms with van der Waals surface area (Å²) in [4.78, 5) is 15.8. The van der Waals surface area contributed by atoms with Crippen molar-refractivity contribution >= 4 is 29.1 Å². The summed E-state index contributed by atoms with van der Waals surface area (Å²) in [6.07, 6.45) is 6.95. The topological polar surface area (TPSA) is 32.3 Å². The predicted molar refractivity (Wildman–Crippen MR) is 132 cm³/mol. The summed E-state index contributed by atoms with van der Waals surface area (Å²) in [5, 5.41) is 4.30. The first kappa shape index (κ1) is 22.3. The van der Waals surface area contributed by atoms with Gasteiger partial charge >= 0.3 is 0 Å². The van der Waals surface area contributed by atoms with Crippen LogP contribution in [0.2, 0.25) is 10.0 Å². The second-order valence-electron chi connectivity index (χ2n) is 10.00. The second-order valence-corrected chi connectivity index (χ2v) is 10.8. The predicted octanol–water partition coefficient (Wildman–Crippen LogP) is 6.32. The fraction of sp³-hybridized carbons (Fsp3) is 0.519. The molecule has 170 valence electrons. The first-order chi connectivity index (χ1) is 15.5. The molecule has 3 atom stereocenters. The molecule has 1 unspecified atom stereocenters. The van der Waals surface area contributed by atoms with Crippen molar-refractivity contribution in [3.8, 4) is 0 Å². The van der Waals surface area contributed by atoms with E-state index in [4.69, 9.17) is 23.2 Å². The van der Waals surface area contributed by atoms with Crippen LogP contribution in [0.15, 0.2) is 42.5 Å². The zero-order chi connectivity index (χ0) is 22.3. The monoisotopic (exact) mass is 470 g/mol. The van der Waals surface area contributed by atoms with Crippen molar-refractivity contribution in [1.82, 2.24) is 10.2 Å². The molecule has 1 N–H and O–H groups in total. The third kappa shape index (κ3) is 3.97. The van der Waals surface area contributed by atoms with Crippen LogP contribution in [0, 0.1) is 12.3 Å². The summed E-state index contributed by atoms with van der Waals surface area (Å²) >= 11 is 12.5. The first-order valence-electron chi connectivity index (χ1n) is 12.0. The molecule has 5 rings (SSSR count). The van der Waals surface area contributed by atoms with Gasteiger partial charge in [-0.2, -0.15) is 0 Å². The number of hydrogen-bond acceptors (Lipinski definition) is 2. The minimum Gasteiger partial charge on any atom is -0.355 e. The van der Waals surface area contributed by atoms with Gasteiger partial charge in [-0.25, -0.2) is 0 Å². The summed E-state index contributed by atoms with van der Waals surface area (Å²) in [5.41, 5.74) is 3.60. The number of aryl methyl sites for hydroxylation is 1. The van der Waals surface area contributed by atoms with Gasteiger partial charge in [-0.15, -0.1) is 0 Å². The van der Waals surface area contributed by atoms with E-state index in [1.165, 1.54) is 36.8 Å². The number of carbonyl (C=O) groups is 1. The van der Waals surface area contributed by atoms with Gasteiger partial charge in [0.2, 0.25) is 5.91 Å². The molecule has 1 amide bonds. The lowest BCUT2D eigenvalue weighted by Gasteiger charge is -2.47. The smallest absolute Gasteiger partial charge is 0.227 e. The molecule has 32 heavy (non-hydrogen) atoms. The fourth-order valence-corrected chi connectivity index (χ4v) is 6.78. The van der Waals surface area contributed by atoms with E-state index in [1.54, 1.807) is 0 Å². The highest BCUT2D eigenvalue weighted by atomic mass is 35.5. The molecule has 3 nitrogen and oxygen atoms in total. The van der Waals surface area contributed by atoms with E-state index in [1.807, 2.05) is 18.2 Å². The molecule has 1 saturated carbocycles. The third-order valence-electron chi connectivity index (χ3n) is 8.33. The Hall–Kier alpha value is -1.55. The molecule has 2 aromatic carbocycles. The van der Waals surface area contributed by atoms with Gasteiger partial charge in [0.25, 0.3) is 0 Å². The number of carbonyl (C=O) groups excluding carboxylic acids is 1. The van der Waals surface area contributed by atoms with E-state index in [0.717, 1.165) is 31.5 Å². The Kier molecular flexibility index (Phi) is 6.26. The molecule has 0 radical (unpaired) electrons. The highest BCUT2D eigenvalue weighted by molar-refractivity contribution is 6.42. The largest absolute Gasteiger partial charge is 0.355 e. The molecule has 1 spiro atoms. The molecule has 1 aliphatic carbocycles. The van der Waals surface area contributed by atoms with Crippen molar-refractivity contribution in [2.24, 2.45) is 5.41 Å². The van der Waals surface area contributed by atoms with E-state index >= 15 is 0 Å². The maximum absolute atomic E-state index is 13.1. The number of halogens is 2. The van der Waals surface area contributed by atoms with Crippen molar-refractivity contribution in [1.29, 1.82) is 0 Å². The van der Waals surface area contributed by atoms with Crippen LogP contribution in [0.3, 0.4) is 0 Å². The van der Waals surface area contributed by atoms with Gasteiger partial charge in [0.15, 0.2) is 0 Å². The van der Waals surface area contributed by atoms with E-state index < -0.39 is 0 Å². The molecule has 2 aromatic rings. The Morgan fingerprint density at radius 3 is 2.34 bits per heavy atom. The lowest BCUT2D eigenvalue weighted by atomic mass is 9.67. The van der Waals surface area contributed by atoms with E-state index in [-0.39, 0.29) is 17.2 Å². The molecule has 0 aromatic heterocycles. The quantitative estimate of drug-likeness (QED) is 0.568. The number of piperidine rings is 1. The van der Waals surface area contributed by atoms with E-state index in [0.29, 0.717) is 28.5 Å². The standard InChI is InChI=1S/C27H32Cl2N2O/c1-18-6-8-19(9-7-18)21-4-2-3-5-25(21)31-14-12-27(13-15-31)22(17-30-26(27)32)20-10-11-23(28)24(29)16-20/h6-11,16,21-22,25H,2-5,12-15,17H2,1H3,(H,30,32)/t21-,22?,25-/m1/s1.